The first kappa shape index (κ1) is 24.0. The summed E-state index contributed by atoms with van der Waals surface area (Å²) in [5.41, 5.74) is 4.47. The van der Waals surface area contributed by atoms with Gasteiger partial charge < -0.3 is 4.90 Å². The third kappa shape index (κ3) is 5.25. The topological polar surface area (TPSA) is 53.5 Å². The number of Topliss-reactive ketones (excluding diaryl/α,β-unsaturated/α-hetero) is 1. The molecule has 7 heteroatoms. The van der Waals surface area contributed by atoms with Gasteiger partial charge in [0.15, 0.2) is 10.9 Å². The molecule has 1 heterocycles. The number of halogens is 1. The highest BCUT2D eigenvalue weighted by atomic mass is 35.5. The van der Waals surface area contributed by atoms with Gasteiger partial charge in [0.05, 0.1) is 10.2 Å². The lowest BCUT2D eigenvalue weighted by Crippen LogP contribution is -2.33. The van der Waals surface area contributed by atoms with Crippen LogP contribution in [0.15, 0.2) is 36.4 Å². The Morgan fingerprint density at radius 1 is 0.967 bits per heavy atom. The monoisotopic (exact) mass is 445 g/mol. The van der Waals surface area contributed by atoms with Gasteiger partial charge in [-0.2, -0.15) is 0 Å². The zero-order valence-corrected chi connectivity index (χ0v) is 19.7. The third-order valence-corrected chi connectivity index (χ3v) is 6.12. The number of anilines is 1. The number of nitrogens with zero attached hydrogens (tertiary/aromatic N) is 3. The summed E-state index contributed by atoms with van der Waals surface area (Å²) in [5, 5.41) is 0.716. The zero-order chi connectivity index (χ0) is 21.1. The van der Waals surface area contributed by atoms with Crippen molar-refractivity contribution in [2.45, 2.75) is 27.2 Å². The van der Waals surface area contributed by atoms with Crippen molar-refractivity contribution in [1.29, 1.82) is 0 Å². The van der Waals surface area contributed by atoms with Crippen LogP contribution in [0.2, 0.25) is 0 Å². The van der Waals surface area contributed by atoms with E-state index in [0.29, 0.717) is 22.8 Å². The van der Waals surface area contributed by atoms with Gasteiger partial charge in [-0.05, 0) is 77.2 Å². The van der Waals surface area contributed by atoms with Crippen molar-refractivity contribution in [2.75, 3.05) is 32.1 Å². The Morgan fingerprint density at radius 2 is 1.60 bits per heavy atom. The predicted octanol–water partition coefficient (Wildman–Crippen LogP) is 5.14. The SMILES string of the molecule is CC(=O)c1ccc(C(=O)N(CCCN(C)C)c2nc3c(C)c(C)ccc3s2)cc1.Cl. The number of rotatable bonds is 7. The van der Waals surface area contributed by atoms with Crippen molar-refractivity contribution in [2.24, 2.45) is 0 Å². The molecule has 0 bridgehead atoms. The van der Waals surface area contributed by atoms with E-state index in [1.807, 2.05) is 14.1 Å². The maximum atomic E-state index is 13.3. The number of thiazole rings is 1. The molecule has 0 saturated carbocycles. The molecule has 0 aliphatic carbocycles. The fraction of sp³-hybridized carbons (Fsp3) is 0.348. The van der Waals surface area contributed by atoms with E-state index in [9.17, 15) is 9.59 Å². The Balaban J connectivity index is 0.00000320. The summed E-state index contributed by atoms with van der Waals surface area (Å²) in [6.07, 6.45) is 0.845. The normalized spacial score (nSPS) is 10.9. The molecule has 0 spiro atoms. The molecule has 1 aromatic heterocycles. The highest BCUT2D eigenvalue weighted by molar-refractivity contribution is 7.22. The molecular weight excluding hydrogens is 418 g/mol. The second-order valence-electron chi connectivity index (χ2n) is 7.60. The predicted molar refractivity (Wildman–Crippen MR) is 128 cm³/mol. The Kier molecular flexibility index (Phi) is 8.12. The molecule has 160 valence electrons. The molecule has 1 amide bonds. The zero-order valence-electron chi connectivity index (χ0n) is 18.1. The molecule has 0 N–H and O–H groups in total. The summed E-state index contributed by atoms with van der Waals surface area (Å²) in [4.78, 5) is 33.6. The minimum absolute atomic E-state index is 0. The van der Waals surface area contributed by atoms with Crippen molar-refractivity contribution in [1.82, 2.24) is 9.88 Å². The second kappa shape index (κ2) is 10.2. The van der Waals surface area contributed by atoms with E-state index in [1.54, 1.807) is 40.5 Å². The summed E-state index contributed by atoms with van der Waals surface area (Å²) in [7, 11) is 4.05. The Labute approximate surface area is 188 Å². The van der Waals surface area contributed by atoms with Gasteiger partial charge in [-0.25, -0.2) is 4.98 Å². The van der Waals surface area contributed by atoms with Crippen LogP contribution in [-0.2, 0) is 0 Å². The smallest absolute Gasteiger partial charge is 0.260 e. The molecule has 30 heavy (non-hydrogen) atoms. The first-order valence-corrected chi connectivity index (χ1v) is 10.5. The van der Waals surface area contributed by atoms with Crippen LogP contribution in [0, 0.1) is 13.8 Å². The van der Waals surface area contributed by atoms with Crippen molar-refractivity contribution in [3.63, 3.8) is 0 Å². The van der Waals surface area contributed by atoms with Crippen LogP contribution in [-0.4, -0.2) is 48.8 Å². The van der Waals surface area contributed by atoms with Gasteiger partial charge in [0.25, 0.3) is 5.91 Å². The number of hydrogen-bond donors (Lipinski definition) is 0. The summed E-state index contributed by atoms with van der Waals surface area (Å²) in [6.45, 7) is 7.14. The van der Waals surface area contributed by atoms with Gasteiger partial charge in [0.1, 0.15) is 0 Å². The molecule has 0 fully saturated rings. The summed E-state index contributed by atoms with van der Waals surface area (Å²) in [6, 6.07) is 11.0. The summed E-state index contributed by atoms with van der Waals surface area (Å²) in [5.74, 6) is -0.101. The average molecular weight is 446 g/mol. The lowest BCUT2D eigenvalue weighted by atomic mass is 10.1. The molecular formula is C23H28ClN3O2S. The van der Waals surface area contributed by atoms with Crippen LogP contribution in [0.25, 0.3) is 10.2 Å². The van der Waals surface area contributed by atoms with Gasteiger partial charge in [-0.1, -0.05) is 29.5 Å². The van der Waals surface area contributed by atoms with Gasteiger partial charge in [0.2, 0.25) is 0 Å². The van der Waals surface area contributed by atoms with Gasteiger partial charge in [-0.3, -0.25) is 14.5 Å². The fourth-order valence-electron chi connectivity index (χ4n) is 3.16. The van der Waals surface area contributed by atoms with Crippen molar-refractivity contribution < 1.29 is 9.59 Å². The maximum absolute atomic E-state index is 13.3. The van der Waals surface area contributed by atoms with Crippen LogP contribution in [0.3, 0.4) is 0 Å². The molecule has 3 rings (SSSR count). The quantitative estimate of drug-likeness (QED) is 0.473. The van der Waals surface area contributed by atoms with E-state index >= 15 is 0 Å². The van der Waals surface area contributed by atoms with Gasteiger partial charge >= 0.3 is 0 Å². The van der Waals surface area contributed by atoms with E-state index in [4.69, 9.17) is 4.98 Å². The Bertz CT molecular complexity index is 1040. The molecule has 0 aliphatic rings. The van der Waals surface area contributed by atoms with Crippen LogP contribution < -0.4 is 4.90 Å². The maximum Gasteiger partial charge on any atom is 0.260 e. The minimum atomic E-state index is -0.0905. The van der Waals surface area contributed by atoms with Crippen molar-refractivity contribution in [3.05, 3.63) is 58.7 Å². The van der Waals surface area contributed by atoms with Gasteiger partial charge in [-0.15, -0.1) is 12.4 Å². The van der Waals surface area contributed by atoms with Crippen molar-refractivity contribution >= 4 is 50.8 Å². The number of carbonyl (C=O) groups excluding carboxylic acids is 2. The van der Waals surface area contributed by atoms with Crippen molar-refractivity contribution in [3.8, 4) is 0 Å². The number of amides is 1. The number of carbonyl (C=O) groups is 2. The van der Waals surface area contributed by atoms with E-state index < -0.39 is 0 Å². The molecule has 0 unspecified atom stereocenters. The molecule has 2 aromatic carbocycles. The first-order valence-electron chi connectivity index (χ1n) is 9.72. The van der Waals surface area contributed by atoms with E-state index in [0.717, 1.165) is 28.7 Å². The summed E-state index contributed by atoms with van der Waals surface area (Å²) < 4.78 is 1.08. The molecule has 0 aliphatic heterocycles. The third-order valence-electron chi connectivity index (χ3n) is 5.07. The largest absolute Gasteiger partial charge is 0.309 e. The van der Waals surface area contributed by atoms with Crippen LogP contribution in [0.1, 0.15) is 45.2 Å². The number of fused-ring (bicyclic) bond motifs is 1. The molecule has 5 nitrogen and oxygen atoms in total. The van der Waals surface area contributed by atoms with Crippen LogP contribution >= 0.6 is 23.7 Å². The highest BCUT2D eigenvalue weighted by Crippen LogP contribution is 2.32. The first-order chi connectivity index (χ1) is 13.8. The Morgan fingerprint density at radius 3 is 2.20 bits per heavy atom. The molecule has 0 saturated heterocycles. The number of aromatic nitrogens is 1. The summed E-state index contributed by atoms with van der Waals surface area (Å²) >= 11 is 1.54. The van der Waals surface area contributed by atoms with Crippen LogP contribution in [0.4, 0.5) is 5.13 Å². The molecule has 3 aromatic rings. The number of ketones is 1. The van der Waals surface area contributed by atoms with E-state index in [-0.39, 0.29) is 24.1 Å². The van der Waals surface area contributed by atoms with E-state index in [2.05, 4.69) is 30.9 Å². The minimum Gasteiger partial charge on any atom is -0.309 e. The van der Waals surface area contributed by atoms with Crippen LogP contribution in [0.5, 0.6) is 0 Å². The average Bonchev–Trinajstić information content (AvgIpc) is 3.12. The molecule has 0 atom stereocenters. The number of hydrogen-bond acceptors (Lipinski definition) is 5. The highest BCUT2D eigenvalue weighted by Gasteiger charge is 2.22. The Hall–Kier alpha value is -2.28. The lowest BCUT2D eigenvalue weighted by molar-refractivity contribution is 0.0981. The fourth-order valence-corrected chi connectivity index (χ4v) is 4.21. The molecule has 0 radical (unpaired) electrons. The number of aryl methyl sites for hydroxylation is 2. The van der Waals surface area contributed by atoms with Gasteiger partial charge in [0, 0.05) is 17.7 Å². The standard InChI is InChI=1S/C23H27N3O2S.ClH/c1-15-7-12-20-21(16(15)2)24-23(29-20)26(14-6-13-25(4)5)22(28)19-10-8-18(9-11-19)17(3)27;/h7-12H,6,13-14H2,1-5H3;1H. The van der Waals surface area contributed by atoms with E-state index in [1.165, 1.54) is 12.5 Å². The lowest BCUT2D eigenvalue weighted by Gasteiger charge is -2.21. The second-order valence-corrected chi connectivity index (χ2v) is 8.61. The number of benzene rings is 2.